The summed E-state index contributed by atoms with van der Waals surface area (Å²) >= 11 is 8.45. The van der Waals surface area contributed by atoms with Crippen molar-refractivity contribution in [2.45, 2.75) is 13.5 Å². The fourth-order valence-corrected chi connectivity index (χ4v) is 2.44. The number of nitrogens with two attached hydrogens (primary N) is 1. The highest BCUT2D eigenvalue weighted by Gasteiger charge is 2.10. The molecule has 0 radical (unpaired) electrons. The van der Waals surface area contributed by atoms with Crippen molar-refractivity contribution in [2.24, 2.45) is 5.73 Å². The topological polar surface area (TPSA) is 77.0 Å². The molecule has 1 aromatic carbocycles. The van der Waals surface area contributed by atoms with E-state index in [9.17, 15) is 0 Å². The highest BCUT2D eigenvalue weighted by Crippen LogP contribution is 2.25. The third-order valence-corrected chi connectivity index (χ3v) is 3.12. The maximum atomic E-state index is 5.70. The SMILES string of the molecule is Cc1noc(CNc2cccc(Br)c2C(N)=S)n1. The van der Waals surface area contributed by atoms with Gasteiger partial charge in [-0.05, 0) is 35.0 Å². The Morgan fingerprint density at radius 1 is 1.56 bits per heavy atom. The predicted octanol–water partition coefficient (Wildman–Crippen LogP) is 2.39. The first-order valence-electron chi connectivity index (χ1n) is 5.19. The third-order valence-electron chi connectivity index (χ3n) is 2.26. The van der Waals surface area contributed by atoms with Gasteiger partial charge in [0.05, 0.1) is 6.54 Å². The maximum Gasteiger partial charge on any atom is 0.245 e. The standard InChI is InChI=1S/C11H11BrN4OS/c1-6-15-9(17-16-6)5-14-8-4-2-3-7(12)10(8)11(13)18/h2-4,14H,5H2,1H3,(H2,13,18). The molecule has 1 aromatic heterocycles. The second-order valence-electron chi connectivity index (χ2n) is 3.62. The maximum absolute atomic E-state index is 5.70. The molecule has 0 unspecified atom stereocenters. The second-order valence-corrected chi connectivity index (χ2v) is 4.91. The minimum Gasteiger partial charge on any atom is -0.389 e. The van der Waals surface area contributed by atoms with Crippen LogP contribution in [0.5, 0.6) is 0 Å². The number of hydrogen-bond acceptors (Lipinski definition) is 5. The van der Waals surface area contributed by atoms with Gasteiger partial charge in [0.25, 0.3) is 0 Å². The smallest absolute Gasteiger partial charge is 0.245 e. The van der Waals surface area contributed by atoms with Crippen molar-refractivity contribution in [1.29, 1.82) is 0 Å². The van der Waals surface area contributed by atoms with E-state index in [1.165, 1.54) is 0 Å². The Bertz CT molecular complexity index is 584. The van der Waals surface area contributed by atoms with Crippen molar-refractivity contribution in [3.63, 3.8) is 0 Å². The molecule has 2 rings (SSSR count). The summed E-state index contributed by atoms with van der Waals surface area (Å²) in [7, 11) is 0. The summed E-state index contributed by atoms with van der Waals surface area (Å²) < 4.78 is 5.87. The largest absolute Gasteiger partial charge is 0.389 e. The fraction of sp³-hybridized carbons (Fsp3) is 0.182. The molecular formula is C11H11BrN4OS. The number of hydrogen-bond donors (Lipinski definition) is 2. The van der Waals surface area contributed by atoms with Crippen molar-refractivity contribution in [1.82, 2.24) is 10.1 Å². The molecule has 0 fully saturated rings. The van der Waals surface area contributed by atoms with Crippen LogP contribution in [0.3, 0.4) is 0 Å². The fourth-order valence-electron chi connectivity index (χ4n) is 1.50. The van der Waals surface area contributed by atoms with E-state index in [4.69, 9.17) is 22.5 Å². The van der Waals surface area contributed by atoms with Gasteiger partial charge in [-0.2, -0.15) is 4.98 Å². The van der Waals surface area contributed by atoms with Crippen LogP contribution < -0.4 is 11.1 Å². The number of nitrogens with zero attached hydrogens (tertiary/aromatic N) is 2. The van der Waals surface area contributed by atoms with Crippen molar-refractivity contribution < 1.29 is 4.52 Å². The molecule has 2 aromatic rings. The van der Waals surface area contributed by atoms with Crippen LogP contribution in [0.1, 0.15) is 17.3 Å². The average Bonchev–Trinajstić information content (AvgIpc) is 2.72. The predicted molar refractivity (Wildman–Crippen MR) is 76.4 cm³/mol. The number of aryl methyl sites for hydroxylation is 1. The van der Waals surface area contributed by atoms with Gasteiger partial charge >= 0.3 is 0 Å². The van der Waals surface area contributed by atoms with Crippen LogP contribution in [0, 0.1) is 6.92 Å². The van der Waals surface area contributed by atoms with E-state index in [1.807, 2.05) is 18.2 Å². The molecule has 0 saturated carbocycles. The van der Waals surface area contributed by atoms with Gasteiger partial charge in [0.15, 0.2) is 5.82 Å². The van der Waals surface area contributed by atoms with Gasteiger partial charge in [0.1, 0.15) is 4.99 Å². The first-order valence-corrected chi connectivity index (χ1v) is 6.39. The average molecular weight is 327 g/mol. The van der Waals surface area contributed by atoms with E-state index in [0.29, 0.717) is 23.2 Å². The molecule has 0 amide bonds. The number of thiocarbonyl (C=S) groups is 1. The van der Waals surface area contributed by atoms with Gasteiger partial charge < -0.3 is 15.6 Å². The summed E-state index contributed by atoms with van der Waals surface area (Å²) in [5.74, 6) is 1.12. The Balaban J connectivity index is 2.19. The molecule has 0 bridgehead atoms. The van der Waals surface area contributed by atoms with Crippen molar-refractivity contribution >= 4 is 38.8 Å². The minimum atomic E-state index is 0.326. The van der Waals surface area contributed by atoms with Gasteiger partial charge in [-0.3, -0.25) is 0 Å². The van der Waals surface area contributed by atoms with Crippen LogP contribution in [0.15, 0.2) is 27.2 Å². The summed E-state index contributed by atoms with van der Waals surface area (Å²) in [6, 6.07) is 5.67. The Hall–Kier alpha value is -1.47. The molecule has 0 aliphatic carbocycles. The molecule has 0 aliphatic rings. The Morgan fingerprint density at radius 2 is 2.33 bits per heavy atom. The molecule has 0 atom stereocenters. The lowest BCUT2D eigenvalue weighted by Crippen LogP contribution is -2.14. The van der Waals surface area contributed by atoms with E-state index in [0.717, 1.165) is 15.7 Å². The summed E-state index contributed by atoms with van der Waals surface area (Å²) in [5.41, 5.74) is 7.29. The van der Waals surface area contributed by atoms with Crippen LogP contribution in [0.2, 0.25) is 0 Å². The number of nitrogens with one attached hydrogen (secondary N) is 1. The summed E-state index contributed by atoms with van der Waals surface area (Å²) in [5, 5.41) is 6.89. The summed E-state index contributed by atoms with van der Waals surface area (Å²) in [4.78, 5) is 4.43. The number of anilines is 1. The first-order chi connectivity index (χ1) is 8.58. The molecule has 0 aliphatic heterocycles. The van der Waals surface area contributed by atoms with E-state index in [-0.39, 0.29) is 0 Å². The molecule has 0 spiro atoms. The zero-order valence-corrected chi connectivity index (χ0v) is 12.0. The number of benzene rings is 1. The number of rotatable bonds is 4. The number of aromatic nitrogens is 2. The van der Waals surface area contributed by atoms with E-state index < -0.39 is 0 Å². The summed E-state index contributed by atoms with van der Waals surface area (Å²) in [6.45, 7) is 2.19. The van der Waals surface area contributed by atoms with Crippen LogP contribution in [0.25, 0.3) is 0 Å². The zero-order chi connectivity index (χ0) is 13.1. The van der Waals surface area contributed by atoms with Crippen LogP contribution >= 0.6 is 28.1 Å². The first kappa shape index (κ1) is 13.0. The van der Waals surface area contributed by atoms with Gasteiger partial charge in [0, 0.05) is 15.7 Å². The third kappa shape index (κ3) is 2.85. The van der Waals surface area contributed by atoms with Crippen LogP contribution in [0.4, 0.5) is 5.69 Å². The molecule has 5 nitrogen and oxygen atoms in total. The number of halogens is 1. The monoisotopic (exact) mass is 326 g/mol. The highest BCUT2D eigenvalue weighted by molar-refractivity contribution is 9.10. The van der Waals surface area contributed by atoms with Gasteiger partial charge in [0.2, 0.25) is 5.89 Å². The molecule has 7 heteroatoms. The lowest BCUT2D eigenvalue weighted by atomic mass is 10.2. The Labute approximate surface area is 118 Å². The van der Waals surface area contributed by atoms with Crippen molar-refractivity contribution in [3.8, 4) is 0 Å². The molecule has 3 N–H and O–H groups in total. The van der Waals surface area contributed by atoms with E-state index >= 15 is 0 Å². The summed E-state index contributed by atoms with van der Waals surface area (Å²) in [6.07, 6.45) is 0. The zero-order valence-electron chi connectivity index (χ0n) is 9.61. The van der Waals surface area contributed by atoms with Gasteiger partial charge in [-0.1, -0.05) is 23.4 Å². The molecule has 0 saturated heterocycles. The molecule has 94 valence electrons. The quantitative estimate of drug-likeness (QED) is 0.840. The van der Waals surface area contributed by atoms with Crippen LogP contribution in [-0.4, -0.2) is 15.1 Å². The molecule has 1 heterocycles. The van der Waals surface area contributed by atoms with Crippen molar-refractivity contribution in [3.05, 3.63) is 40.0 Å². The van der Waals surface area contributed by atoms with Gasteiger partial charge in [-0.25, -0.2) is 0 Å². The van der Waals surface area contributed by atoms with Gasteiger partial charge in [-0.15, -0.1) is 0 Å². The minimum absolute atomic E-state index is 0.326. The molecular weight excluding hydrogens is 316 g/mol. The Morgan fingerprint density at radius 3 is 2.94 bits per heavy atom. The highest BCUT2D eigenvalue weighted by atomic mass is 79.9. The lowest BCUT2D eigenvalue weighted by molar-refractivity contribution is 0.379. The Kier molecular flexibility index (Phi) is 3.93. The second kappa shape index (κ2) is 5.45. The van der Waals surface area contributed by atoms with Crippen LogP contribution in [-0.2, 0) is 6.54 Å². The molecule has 18 heavy (non-hydrogen) atoms. The van der Waals surface area contributed by atoms with Crippen molar-refractivity contribution in [2.75, 3.05) is 5.32 Å². The normalized spacial score (nSPS) is 10.3. The van der Waals surface area contributed by atoms with E-state index in [1.54, 1.807) is 6.92 Å². The lowest BCUT2D eigenvalue weighted by Gasteiger charge is -2.11. The van der Waals surface area contributed by atoms with E-state index in [2.05, 4.69) is 31.4 Å².